The van der Waals surface area contributed by atoms with Gasteiger partial charge < -0.3 is 5.32 Å². The zero-order valence-corrected chi connectivity index (χ0v) is 12.1. The van der Waals surface area contributed by atoms with Gasteiger partial charge in [-0.1, -0.05) is 17.7 Å². The van der Waals surface area contributed by atoms with E-state index in [1.165, 1.54) is 6.07 Å². The van der Waals surface area contributed by atoms with Crippen LogP contribution in [0.25, 0.3) is 0 Å². The summed E-state index contributed by atoms with van der Waals surface area (Å²) in [4.78, 5) is 8.85. The van der Waals surface area contributed by atoms with Crippen LogP contribution in [-0.4, -0.2) is 9.97 Å². The van der Waals surface area contributed by atoms with Crippen molar-refractivity contribution in [1.29, 1.82) is 0 Å². The van der Waals surface area contributed by atoms with Crippen LogP contribution in [0.1, 0.15) is 35.7 Å². The highest BCUT2D eigenvalue weighted by Gasteiger charge is 2.28. The third-order valence-electron chi connectivity index (χ3n) is 3.57. The van der Waals surface area contributed by atoms with Crippen molar-refractivity contribution in [3.05, 3.63) is 46.1 Å². The third kappa shape index (κ3) is 2.48. The molecule has 1 aliphatic rings. The normalized spacial score (nSPS) is 14.4. The quantitative estimate of drug-likeness (QED) is 0.846. The SMILES string of the molecule is Cc1c(F)cccc1Nc1nc(C2CC2)nc(Cl)c1C. The summed E-state index contributed by atoms with van der Waals surface area (Å²) in [7, 11) is 0. The molecule has 1 saturated carbocycles. The Balaban J connectivity index is 1.99. The van der Waals surface area contributed by atoms with Gasteiger partial charge in [0.1, 0.15) is 22.6 Å². The number of halogens is 2. The summed E-state index contributed by atoms with van der Waals surface area (Å²) in [5.74, 6) is 1.61. The van der Waals surface area contributed by atoms with Crippen molar-refractivity contribution in [2.75, 3.05) is 5.32 Å². The minimum atomic E-state index is -0.241. The molecule has 3 rings (SSSR count). The van der Waals surface area contributed by atoms with Gasteiger partial charge in [0, 0.05) is 22.7 Å². The fraction of sp³-hybridized carbons (Fsp3) is 0.333. The first-order chi connectivity index (χ1) is 9.56. The van der Waals surface area contributed by atoms with Crippen molar-refractivity contribution >= 4 is 23.1 Å². The van der Waals surface area contributed by atoms with Crippen LogP contribution < -0.4 is 5.32 Å². The largest absolute Gasteiger partial charge is 0.340 e. The van der Waals surface area contributed by atoms with E-state index < -0.39 is 0 Å². The van der Waals surface area contributed by atoms with Crippen molar-refractivity contribution in [2.24, 2.45) is 0 Å². The Labute approximate surface area is 122 Å². The van der Waals surface area contributed by atoms with Gasteiger partial charge in [-0.05, 0) is 38.8 Å². The Morgan fingerprint density at radius 3 is 2.65 bits per heavy atom. The standard InChI is InChI=1S/C15H15ClFN3/c1-8-11(17)4-3-5-12(8)18-14-9(2)13(16)19-15(20-14)10-6-7-10/h3-5,10H,6-7H2,1-2H3,(H,18,19,20). The summed E-state index contributed by atoms with van der Waals surface area (Å²) < 4.78 is 13.6. The van der Waals surface area contributed by atoms with E-state index in [2.05, 4.69) is 15.3 Å². The molecule has 1 aromatic carbocycles. The lowest BCUT2D eigenvalue weighted by Crippen LogP contribution is -2.04. The summed E-state index contributed by atoms with van der Waals surface area (Å²) in [6, 6.07) is 4.94. The molecule has 0 atom stereocenters. The molecule has 1 aliphatic carbocycles. The molecule has 2 aromatic rings. The highest BCUT2D eigenvalue weighted by atomic mass is 35.5. The third-order valence-corrected chi connectivity index (χ3v) is 3.93. The number of hydrogen-bond acceptors (Lipinski definition) is 3. The summed E-state index contributed by atoms with van der Waals surface area (Å²) in [6.07, 6.45) is 2.22. The molecule has 0 aliphatic heterocycles. The molecule has 1 heterocycles. The molecule has 0 bridgehead atoms. The van der Waals surface area contributed by atoms with Crippen molar-refractivity contribution in [3.63, 3.8) is 0 Å². The van der Waals surface area contributed by atoms with E-state index in [4.69, 9.17) is 11.6 Å². The molecule has 5 heteroatoms. The van der Waals surface area contributed by atoms with Crippen molar-refractivity contribution in [2.45, 2.75) is 32.6 Å². The Morgan fingerprint density at radius 1 is 1.20 bits per heavy atom. The monoisotopic (exact) mass is 291 g/mol. The molecule has 0 amide bonds. The molecule has 104 valence electrons. The number of aromatic nitrogens is 2. The maximum Gasteiger partial charge on any atom is 0.138 e. The molecule has 0 radical (unpaired) electrons. The van der Waals surface area contributed by atoms with Crippen molar-refractivity contribution in [3.8, 4) is 0 Å². The molecular formula is C15H15ClFN3. The fourth-order valence-corrected chi connectivity index (χ4v) is 2.20. The number of nitrogens with zero attached hydrogens (tertiary/aromatic N) is 2. The van der Waals surface area contributed by atoms with Gasteiger partial charge >= 0.3 is 0 Å². The zero-order chi connectivity index (χ0) is 14.3. The van der Waals surface area contributed by atoms with Gasteiger partial charge in [-0.2, -0.15) is 0 Å². The first-order valence-electron chi connectivity index (χ1n) is 6.62. The van der Waals surface area contributed by atoms with Crippen LogP contribution in [0.4, 0.5) is 15.9 Å². The summed E-state index contributed by atoms with van der Waals surface area (Å²) in [5, 5.41) is 3.63. The average Bonchev–Trinajstić information content (AvgIpc) is 3.24. The van der Waals surface area contributed by atoms with E-state index in [1.54, 1.807) is 13.0 Å². The van der Waals surface area contributed by atoms with Gasteiger partial charge in [-0.25, -0.2) is 14.4 Å². The van der Waals surface area contributed by atoms with Crippen molar-refractivity contribution in [1.82, 2.24) is 9.97 Å². The van der Waals surface area contributed by atoms with Gasteiger partial charge in [0.15, 0.2) is 0 Å². The van der Waals surface area contributed by atoms with Crippen LogP contribution in [0, 0.1) is 19.7 Å². The number of hydrogen-bond donors (Lipinski definition) is 1. The van der Waals surface area contributed by atoms with Crippen LogP contribution in [0.15, 0.2) is 18.2 Å². The maximum absolute atomic E-state index is 13.6. The Bertz CT molecular complexity index is 668. The molecule has 1 aromatic heterocycles. The van der Waals surface area contributed by atoms with Crippen molar-refractivity contribution < 1.29 is 4.39 Å². The highest BCUT2D eigenvalue weighted by Crippen LogP contribution is 2.39. The molecule has 20 heavy (non-hydrogen) atoms. The first kappa shape index (κ1) is 13.3. The van der Waals surface area contributed by atoms with Crippen LogP contribution in [-0.2, 0) is 0 Å². The Morgan fingerprint density at radius 2 is 1.95 bits per heavy atom. The number of nitrogens with one attached hydrogen (secondary N) is 1. The number of rotatable bonds is 3. The highest BCUT2D eigenvalue weighted by molar-refractivity contribution is 6.30. The second-order valence-electron chi connectivity index (χ2n) is 5.16. The molecule has 0 unspecified atom stereocenters. The minimum Gasteiger partial charge on any atom is -0.340 e. The van der Waals surface area contributed by atoms with Crippen LogP contribution in [0.2, 0.25) is 5.15 Å². The number of benzene rings is 1. The lowest BCUT2D eigenvalue weighted by atomic mass is 10.2. The summed E-state index contributed by atoms with van der Waals surface area (Å²) in [6.45, 7) is 3.59. The van der Waals surface area contributed by atoms with E-state index in [9.17, 15) is 4.39 Å². The van der Waals surface area contributed by atoms with Crippen LogP contribution >= 0.6 is 11.6 Å². The minimum absolute atomic E-state index is 0.241. The van der Waals surface area contributed by atoms with Gasteiger partial charge in [0.25, 0.3) is 0 Å². The molecule has 3 nitrogen and oxygen atoms in total. The molecule has 0 spiro atoms. The summed E-state index contributed by atoms with van der Waals surface area (Å²) in [5.41, 5.74) is 2.04. The summed E-state index contributed by atoms with van der Waals surface area (Å²) >= 11 is 6.16. The van der Waals surface area contributed by atoms with E-state index in [0.717, 1.165) is 24.2 Å². The lowest BCUT2D eigenvalue weighted by Gasteiger charge is -2.13. The average molecular weight is 292 g/mol. The fourth-order valence-electron chi connectivity index (χ4n) is 2.02. The second-order valence-corrected chi connectivity index (χ2v) is 5.52. The van der Waals surface area contributed by atoms with E-state index in [-0.39, 0.29) is 5.82 Å². The first-order valence-corrected chi connectivity index (χ1v) is 7.00. The van der Waals surface area contributed by atoms with E-state index >= 15 is 0 Å². The molecule has 0 saturated heterocycles. The predicted octanol–water partition coefficient (Wildman–Crippen LogP) is 4.51. The van der Waals surface area contributed by atoms with E-state index in [0.29, 0.717) is 28.1 Å². The molecule has 1 N–H and O–H groups in total. The van der Waals surface area contributed by atoms with Gasteiger partial charge in [0.05, 0.1) is 0 Å². The smallest absolute Gasteiger partial charge is 0.138 e. The van der Waals surface area contributed by atoms with Crippen LogP contribution in [0.3, 0.4) is 0 Å². The second kappa shape index (κ2) is 5.02. The molecule has 1 fully saturated rings. The molecular weight excluding hydrogens is 277 g/mol. The zero-order valence-electron chi connectivity index (χ0n) is 11.4. The van der Waals surface area contributed by atoms with Crippen LogP contribution in [0.5, 0.6) is 0 Å². The van der Waals surface area contributed by atoms with Gasteiger partial charge in [-0.15, -0.1) is 0 Å². The number of anilines is 2. The predicted molar refractivity (Wildman–Crippen MR) is 78.2 cm³/mol. The van der Waals surface area contributed by atoms with E-state index in [1.807, 2.05) is 13.0 Å². The maximum atomic E-state index is 13.6. The van der Waals surface area contributed by atoms with Gasteiger partial charge in [0.2, 0.25) is 0 Å². The topological polar surface area (TPSA) is 37.8 Å². The Kier molecular flexibility index (Phi) is 3.34. The lowest BCUT2D eigenvalue weighted by molar-refractivity contribution is 0.619. The Hall–Kier alpha value is -1.68. The van der Waals surface area contributed by atoms with Gasteiger partial charge in [-0.3, -0.25) is 0 Å².